The summed E-state index contributed by atoms with van der Waals surface area (Å²) in [5, 5.41) is 3.40. The highest BCUT2D eigenvalue weighted by Gasteiger charge is 2.42. The van der Waals surface area contributed by atoms with Crippen molar-refractivity contribution in [2.45, 2.75) is 0 Å². The number of methoxy groups -OCH3 is 2. The van der Waals surface area contributed by atoms with Crippen molar-refractivity contribution in [3.8, 4) is 11.5 Å². The van der Waals surface area contributed by atoms with Gasteiger partial charge in [0.25, 0.3) is 11.8 Å². The molecule has 7 heteroatoms. The summed E-state index contributed by atoms with van der Waals surface area (Å²) in [5.41, 5.74) is 1.65. The van der Waals surface area contributed by atoms with Crippen LogP contribution in [0, 0.1) is 0 Å². The van der Waals surface area contributed by atoms with Crippen LogP contribution in [0.15, 0.2) is 78.5 Å². The first-order valence-corrected chi connectivity index (χ1v) is 9.85. The molecule has 0 bridgehead atoms. The molecule has 0 atom stereocenters. The number of ether oxygens (including phenoxy) is 2. The smallest absolute Gasteiger partial charge is 0.282 e. The second-order valence-corrected chi connectivity index (χ2v) is 7.08. The maximum Gasteiger partial charge on any atom is 0.282 e. The third-order valence-corrected chi connectivity index (χ3v) is 5.24. The number of halogens is 1. The van der Waals surface area contributed by atoms with Gasteiger partial charge in [0, 0.05) is 5.56 Å². The first-order valence-electron chi connectivity index (χ1n) is 9.47. The Morgan fingerprint density at radius 1 is 0.774 bits per heavy atom. The summed E-state index contributed by atoms with van der Waals surface area (Å²) in [4.78, 5) is 28.1. The minimum Gasteiger partial charge on any atom is -0.496 e. The summed E-state index contributed by atoms with van der Waals surface area (Å²) in [6.07, 6.45) is 0. The van der Waals surface area contributed by atoms with Gasteiger partial charge < -0.3 is 14.8 Å². The van der Waals surface area contributed by atoms with Gasteiger partial charge in [-0.05, 0) is 30.3 Å². The van der Waals surface area contributed by atoms with Gasteiger partial charge in [-0.1, -0.05) is 54.1 Å². The summed E-state index contributed by atoms with van der Waals surface area (Å²) < 4.78 is 10.8. The molecule has 0 aliphatic carbocycles. The first-order chi connectivity index (χ1) is 15.1. The predicted octanol–water partition coefficient (Wildman–Crippen LogP) is 4.75. The van der Waals surface area contributed by atoms with Crippen molar-refractivity contribution in [3.05, 3.63) is 89.1 Å². The van der Waals surface area contributed by atoms with E-state index in [-0.39, 0.29) is 11.3 Å². The molecule has 31 heavy (non-hydrogen) atoms. The lowest BCUT2D eigenvalue weighted by atomic mass is 10.0. The molecule has 0 radical (unpaired) electrons. The number of nitrogens with one attached hydrogen (secondary N) is 1. The lowest BCUT2D eigenvalue weighted by Crippen LogP contribution is -2.32. The summed E-state index contributed by atoms with van der Waals surface area (Å²) in [5.74, 6) is -0.0188. The van der Waals surface area contributed by atoms with Gasteiger partial charge in [0.15, 0.2) is 0 Å². The molecule has 4 rings (SSSR count). The molecular formula is C24H19ClN2O4. The summed E-state index contributed by atoms with van der Waals surface area (Å²) in [7, 11) is 3.05. The van der Waals surface area contributed by atoms with E-state index in [9.17, 15) is 9.59 Å². The Kier molecular flexibility index (Phi) is 5.64. The number of amides is 2. The Morgan fingerprint density at radius 2 is 1.39 bits per heavy atom. The zero-order chi connectivity index (χ0) is 22.0. The molecule has 156 valence electrons. The molecule has 0 aromatic heterocycles. The maximum absolute atomic E-state index is 13.6. The van der Waals surface area contributed by atoms with Crippen LogP contribution >= 0.6 is 11.6 Å². The zero-order valence-corrected chi connectivity index (χ0v) is 17.6. The van der Waals surface area contributed by atoms with Crippen molar-refractivity contribution in [2.24, 2.45) is 0 Å². The van der Waals surface area contributed by atoms with E-state index in [1.165, 1.54) is 14.2 Å². The summed E-state index contributed by atoms with van der Waals surface area (Å²) in [6.45, 7) is 0. The Balaban J connectivity index is 1.90. The highest BCUT2D eigenvalue weighted by atomic mass is 35.5. The number of carbonyl (C=O) groups is 2. The highest BCUT2D eigenvalue weighted by Crippen LogP contribution is 2.40. The average molecular weight is 435 g/mol. The summed E-state index contributed by atoms with van der Waals surface area (Å²) in [6, 6.07) is 20.9. The molecule has 0 fully saturated rings. The van der Waals surface area contributed by atoms with E-state index in [1.54, 1.807) is 66.7 Å². The van der Waals surface area contributed by atoms with Gasteiger partial charge in [-0.15, -0.1) is 0 Å². The van der Waals surface area contributed by atoms with Crippen molar-refractivity contribution in [1.29, 1.82) is 0 Å². The Hall–Kier alpha value is -3.77. The number of imide groups is 1. The second-order valence-electron chi connectivity index (χ2n) is 6.67. The van der Waals surface area contributed by atoms with Crippen LogP contribution in [0.5, 0.6) is 11.5 Å². The lowest BCUT2D eigenvalue weighted by molar-refractivity contribution is -0.120. The standard InChI is InChI=1S/C24H19ClN2O4/c1-30-19-13-7-3-9-15(19)21-22(26-17-11-5-8-14-20(17)31-2)24(29)27(23(21)28)18-12-6-4-10-16(18)25/h3-14,26H,1-2H3. The third-order valence-electron chi connectivity index (χ3n) is 4.92. The molecule has 0 saturated heterocycles. The maximum atomic E-state index is 13.6. The zero-order valence-electron chi connectivity index (χ0n) is 16.9. The fourth-order valence-electron chi connectivity index (χ4n) is 3.48. The van der Waals surface area contributed by atoms with Gasteiger partial charge in [-0.2, -0.15) is 0 Å². The molecule has 6 nitrogen and oxygen atoms in total. The molecule has 1 N–H and O–H groups in total. The minimum absolute atomic E-state index is 0.110. The fraction of sp³-hybridized carbons (Fsp3) is 0.0833. The van der Waals surface area contributed by atoms with Crippen LogP contribution in [0.25, 0.3) is 5.57 Å². The van der Waals surface area contributed by atoms with E-state index < -0.39 is 11.8 Å². The Labute approximate surface area is 184 Å². The van der Waals surface area contributed by atoms with Crippen molar-refractivity contribution >= 4 is 40.4 Å². The molecule has 3 aromatic rings. The van der Waals surface area contributed by atoms with Gasteiger partial charge >= 0.3 is 0 Å². The molecule has 0 unspecified atom stereocenters. The number of rotatable bonds is 6. The SMILES string of the molecule is COc1ccccc1NC1=C(c2ccccc2OC)C(=O)N(c2ccccc2Cl)C1=O. The molecular weight excluding hydrogens is 416 g/mol. The van der Waals surface area contributed by atoms with Crippen LogP contribution in [0.2, 0.25) is 5.02 Å². The number of para-hydroxylation sites is 4. The third kappa shape index (κ3) is 3.62. The Bertz CT molecular complexity index is 1210. The van der Waals surface area contributed by atoms with Crippen LogP contribution in [0.3, 0.4) is 0 Å². The van der Waals surface area contributed by atoms with E-state index in [4.69, 9.17) is 21.1 Å². The van der Waals surface area contributed by atoms with Crippen molar-refractivity contribution in [1.82, 2.24) is 0 Å². The number of anilines is 2. The molecule has 1 aliphatic rings. The molecule has 0 saturated carbocycles. The second kappa shape index (κ2) is 8.53. The van der Waals surface area contributed by atoms with E-state index >= 15 is 0 Å². The Morgan fingerprint density at radius 3 is 2.10 bits per heavy atom. The van der Waals surface area contributed by atoms with Gasteiger partial charge in [0.2, 0.25) is 0 Å². The number of nitrogens with zero attached hydrogens (tertiary/aromatic N) is 1. The number of benzene rings is 3. The van der Waals surface area contributed by atoms with E-state index in [2.05, 4.69) is 5.32 Å². The van der Waals surface area contributed by atoms with E-state index in [0.717, 1.165) is 4.90 Å². The average Bonchev–Trinajstić information content (AvgIpc) is 3.03. The number of hydrogen-bond acceptors (Lipinski definition) is 5. The topological polar surface area (TPSA) is 67.9 Å². The van der Waals surface area contributed by atoms with Crippen LogP contribution in [0.4, 0.5) is 11.4 Å². The van der Waals surface area contributed by atoms with Crippen molar-refractivity contribution < 1.29 is 19.1 Å². The monoisotopic (exact) mass is 434 g/mol. The molecule has 0 spiro atoms. The first kappa shape index (κ1) is 20.5. The lowest BCUT2D eigenvalue weighted by Gasteiger charge is -2.17. The van der Waals surface area contributed by atoms with Crippen LogP contribution in [0.1, 0.15) is 5.56 Å². The van der Waals surface area contributed by atoms with E-state index in [0.29, 0.717) is 33.5 Å². The molecule has 1 aliphatic heterocycles. The molecule has 1 heterocycles. The normalized spacial score (nSPS) is 13.6. The van der Waals surface area contributed by atoms with Gasteiger partial charge in [0.1, 0.15) is 17.2 Å². The number of hydrogen-bond donors (Lipinski definition) is 1. The predicted molar refractivity (Wildman–Crippen MR) is 120 cm³/mol. The van der Waals surface area contributed by atoms with Crippen molar-refractivity contribution in [2.75, 3.05) is 24.4 Å². The molecule has 3 aromatic carbocycles. The van der Waals surface area contributed by atoms with Gasteiger partial charge in [-0.25, -0.2) is 4.90 Å². The van der Waals surface area contributed by atoms with Gasteiger partial charge in [0.05, 0.1) is 36.2 Å². The quantitative estimate of drug-likeness (QED) is 0.567. The fourth-order valence-corrected chi connectivity index (χ4v) is 3.70. The largest absolute Gasteiger partial charge is 0.496 e. The van der Waals surface area contributed by atoms with Gasteiger partial charge in [-0.3, -0.25) is 9.59 Å². The summed E-state index contributed by atoms with van der Waals surface area (Å²) >= 11 is 6.31. The van der Waals surface area contributed by atoms with Crippen molar-refractivity contribution in [3.63, 3.8) is 0 Å². The minimum atomic E-state index is -0.523. The molecule has 2 amide bonds. The highest BCUT2D eigenvalue weighted by molar-refractivity contribution is 6.48. The van der Waals surface area contributed by atoms with E-state index in [1.807, 2.05) is 6.07 Å². The number of carbonyl (C=O) groups excluding carboxylic acids is 2. The van der Waals surface area contributed by atoms with Crippen LogP contribution < -0.4 is 19.7 Å². The van der Waals surface area contributed by atoms with Crippen LogP contribution in [-0.4, -0.2) is 26.0 Å². The van der Waals surface area contributed by atoms with Crippen LogP contribution in [-0.2, 0) is 9.59 Å².